The molecule has 0 radical (unpaired) electrons. The van der Waals surface area contributed by atoms with E-state index in [4.69, 9.17) is 9.47 Å². The van der Waals surface area contributed by atoms with E-state index in [9.17, 15) is 14.4 Å². The van der Waals surface area contributed by atoms with Crippen LogP contribution in [0.15, 0.2) is 0 Å². The fraction of sp³-hybridized carbons (Fsp3) is 0.957. The van der Waals surface area contributed by atoms with Crippen LogP contribution >= 0.6 is 0 Å². The molecule has 0 spiro atoms. The molecule has 1 heterocycles. The number of fused-ring (bicyclic) bond motifs is 5. The maximum Gasteiger partial charge on any atom is 0.306 e. The molecule has 4 saturated carbocycles. The van der Waals surface area contributed by atoms with Gasteiger partial charge in [-0.3, -0.25) is 14.4 Å². The van der Waals surface area contributed by atoms with Crippen molar-refractivity contribution in [2.45, 2.75) is 349 Å². The summed E-state index contributed by atoms with van der Waals surface area (Å²) >= 11 is 0. The van der Waals surface area contributed by atoms with Crippen LogP contribution in [0.1, 0.15) is 337 Å². The SMILES string of the molecule is CCCCCCCCCCCCCCCCCC(=O)O[C@@H]1CC[C@@]2(C)[C@@H](C1)[C@@H](CC)[C@@H](OC(=O)CCCCCCCCCCCCCCCCC)[C@@H]1[C@@H]2CC[C@]2(C)[C@@H]([C@H](C)CCC(=O)NCCCCN3CCCC3)CC[C@@H]12. The van der Waals surface area contributed by atoms with Gasteiger partial charge < -0.3 is 19.7 Å². The van der Waals surface area contributed by atoms with Crippen LogP contribution in [0, 0.1) is 52.3 Å². The van der Waals surface area contributed by atoms with Crippen LogP contribution in [0.25, 0.3) is 0 Å². The first-order chi connectivity index (χ1) is 37.5. The highest BCUT2D eigenvalue weighted by Crippen LogP contribution is 2.70. The average molecular weight is 1080 g/mol. The summed E-state index contributed by atoms with van der Waals surface area (Å²) in [6.07, 6.45) is 56.0. The predicted octanol–water partition coefficient (Wildman–Crippen LogP) is 19.6. The molecule has 5 rings (SSSR count). The highest BCUT2D eigenvalue weighted by Gasteiger charge is 2.66. The monoisotopic (exact) mass is 1080 g/mol. The Labute approximate surface area is 477 Å². The first-order valence-corrected chi connectivity index (χ1v) is 34.9. The second-order valence-electron chi connectivity index (χ2n) is 27.6. The molecule has 5 fully saturated rings. The van der Waals surface area contributed by atoms with Crippen molar-refractivity contribution >= 4 is 17.8 Å². The molecule has 0 aromatic rings. The minimum Gasteiger partial charge on any atom is -0.462 e. The third-order valence-electron chi connectivity index (χ3n) is 21.9. The number of nitrogens with one attached hydrogen (secondary N) is 1. The summed E-state index contributed by atoms with van der Waals surface area (Å²) in [6.45, 7) is 19.1. The van der Waals surface area contributed by atoms with Crippen LogP contribution in [0.4, 0.5) is 0 Å². The zero-order valence-corrected chi connectivity index (χ0v) is 52.0. The summed E-state index contributed by atoms with van der Waals surface area (Å²) in [5.41, 5.74) is 0.337. The lowest BCUT2D eigenvalue weighted by Crippen LogP contribution is -2.63. The van der Waals surface area contributed by atoms with Crippen LogP contribution in [0.2, 0.25) is 0 Å². The summed E-state index contributed by atoms with van der Waals surface area (Å²) in [5.74, 6) is 3.41. The molecule has 0 aromatic carbocycles. The van der Waals surface area contributed by atoms with Gasteiger partial charge in [0.05, 0.1) is 0 Å². The molecule has 0 bridgehead atoms. The number of likely N-dealkylation sites (tertiary alicyclic amines) is 1. The van der Waals surface area contributed by atoms with Crippen molar-refractivity contribution < 1.29 is 23.9 Å². The van der Waals surface area contributed by atoms with Crippen LogP contribution in [-0.2, 0) is 23.9 Å². The van der Waals surface area contributed by atoms with Gasteiger partial charge in [-0.25, -0.2) is 0 Å². The fourth-order valence-electron chi connectivity index (χ4n) is 17.2. The van der Waals surface area contributed by atoms with E-state index in [0.29, 0.717) is 54.8 Å². The second-order valence-corrected chi connectivity index (χ2v) is 27.6. The zero-order chi connectivity index (χ0) is 55.0. The average Bonchev–Trinajstić information content (AvgIpc) is 4.33. The third-order valence-corrected chi connectivity index (χ3v) is 21.9. The van der Waals surface area contributed by atoms with Crippen LogP contribution < -0.4 is 5.32 Å². The van der Waals surface area contributed by atoms with Gasteiger partial charge in [-0.2, -0.15) is 0 Å². The van der Waals surface area contributed by atoms with Gasteiger partial charge in [0.2, 0.25) is 5.91 Å². The summed E-state index contributed by atoms with van der Waals surface area (Å²) < 4.78 is 13.5. The molecule has 4 aliphatic carbocycles. The number of hydrogen-bond acceptors (Lipinski definition) is 6. The maximum absolute atomic E-state index is 14.2. The van der Waals surface area contributed by atoms with Crippen molar-refractivity contribution in [1.82, 2.24) is 10.2 Å². The first-order valence-electron chi connectivity index (χ1n) is 34.9. The number of unbranched alkanes of at least 4 members (excludes halogenated alkanes) is 29. The summed E-state index contributed by atoms with van der Waals surface area (Å²) in [7, 11) is 0. The number of nitrogens with zero attached hydrogens (tertiary/aromatic N) is 1. The summed E-state index contributed by atoms with van der Waals surface area (Å²) in [5, 5.41) is 3.27. The Balaban J connectivity index is 1.11. The number of carbonyl (C=O) groups is 3. The molecular formula is C70H128N2O5. The van der Waals surface area contributed by atoms with E-state index in [2.05, 4.69) is 51.8 Å². The van der Waals surface area contributed by atoms with E-state index in [0.717, 1.165) is 70.8 Å². The number of hydrogen-bond donors (Lipinski definition) is 1. The quantitative estimate of drug-likeness (QED) is 0.0483. The number of ether oxygens (including phenoxy) is 2. The molecule has 1 aliphatic heterocycles. The third kappa shape index (κ3) is 22.6. The van der Waals surface area contributed by atoms with E-state index in [1.807, 2.05) is 0 Å². The molecular weight excluding hydrogens is 949 g/mol. The van der Waals surface area contributed by atoms with Gasteiger partial charge >= 0.3 is 11.9 Å². The molecule has 1 N–H and O–H groups in total. The number of carbonyl (C=O) groups excluding carboxylic acids is 3. The smallest absolute Gasteiger partial charge is 0.306 e. The van der Waals surface area contributed by atoms with Crippen LogP contribution in [0.3, 0.4) is 0 Å². The van der Waals surface area contributed by atoms with Gasteiger partial charge in [-0.05, 0) is 162 Å². The molecule has 1 saturated heterocycles. The Kier molecular flexibility index (Phi) is 32.8. The maximum atomic E-state index is 14.2. The summed E-state index contributed by atoms with van der Waals surface area (Å²) in [6, 6.07) is 0. The molecule has 448 valence electrons. The number of amides is 1. The zero-order valence-electron chi connectivity index (χ0n) is 52.0. The first kappa shape index (κ1) is 66.2. The van der Waals surface area contributed by atoms with Crippen molar-refractivity contribution in [3.05, 3.63) is 0 Å². The molecule has 5 aliphatic rings. The molecule has 1 amide bonds. The normalized spacial score (nSPS) is 28.4. The van der Waals surface area contributed by atoms with Crippen molar-refractivity contribution in [2.24, 2.45) is 52.3 Å². The topological polar surface area (TPSA) is 84.9 Å². The van der Waals surface area contributed by atoms with Gasteiger partial charge in [0.25, 0.3) is 0 Å². The van der Waals surface area contributed by atoms with E-state index in [1.165, 1.54) is 232 Å². The van der Waals surface area contributed by atoms with E-state index in [-0.39, 0.29) is 46.8 Å². The largest absolute Gasteiger partial charge is 0.462 e. The van der Waals surface area contributed by atoms with Crippen molar-refractivity contribution in [1.29, 1.82) is 0 Å². The molecule has 0 aromatic heterocycles. The van der Waals surface area contributed by atoms with Crippen molar-refractivity contribution in [3.63, 3.8) is 0 Å². The minimum absolute atomic E-state index is 0.00598. The molecule has 7 heteroatoms. The lowest BCUT2D eigenvalue weighted by Gasteiger charge is -2.65. The van der Waals surface area contributed by atoms with Gasteiger partial charge in [0, 0.05) is 31.7 Å². The molecule has 11 atom stereocenters. The lowest BCUT2D eigenvalue weighted by molar-refractivity contribution is -0.220. The van der Waals surface area contributed by atoms with E-state index >= 15 is 0 Å². The highest BCUT2D eigenvalue weighted by molar-refractivity contribution is 5.75. The standard InChI is InChI=1S/C70H128N2O5/c1-7-10-12-14-16-18-20-22-24-26-28-30-32-34-36-42-65(74)76-58-48-50-70(6)62-49-51-69(5)60(57(4)44-47-64(73)71-52-38-39-53-72-54-40-41-55-72)45-46-61(69)67(62)68(59(9-3)63(70)56-58)77-66(75)43-37-35-33-31-29-27-25-23-21-19-17-15-13-11-8-2/h57-63,67-68H,7-56H2,1-6H3,(H,71,73)/t57-,58-,59-,60-,61+,62+,63+,67+,68-,69-,70-/m1/s1. The Morgan fingerprint density at radius 3 is 1.49 bits per heavy atom. The number of esters is 2. The highest BCUT2D eigenvalue weighted by atomic mass is 16.5. The van der Waals surface area contributed by atoms with Gasteiger partial charge in [0.15, 0.2) is 0 Å². The predicted molar refractivity (Wildman–Crippen MR) is 325 cm³/mol. The fourth-order valence-corrected chi connectivity index (χ4v) is 17.2. The van der Waals surface area contributed by atoms with Crippen molar-refractivity contribution in [2.75, 3.05) is 26.2 Å². The molecule has 0 unspecified atom stereocenters. The van der Waals surface area contributed by atoms with Crippen molar-refractivity contribution in [3.8, 4) is 0 Å². The van der Waals surface area contributed by atoms with E-state index in [1.54, 1.807) is 0 Å². The van der Waals surface area contributed by atoms with Gasteiger partial charge in [-0.15, -0.1) is 0 Å². The Morgan fingerprint density at radius 1 is 0.519 bits per heavy atom. The Morgan fingerprint density at radius 2 is 0.987 bits per heavy atom. The summed E-state index contributed by atoms with van der Waals surface area (Å²) in [4.78, 5) is 43.5. The number of rotatable bonds is 44. The molecule has 7 nitrogen and oxygen atoms in total. The van der Waals surface area contributed by atoms with Gasteiger partial charge in [-0.1, -0.05) is 221 Å². The second kappa shape index (κ2) is 38.2. The lowest BCUT2D eigenvalue weighted by atomic mass is 9.41. The van der Waals surface area contributed by atoms with Gasteiger partial charge in [0.1, 0.15) is 12.2 Å². The Bertz CT molecular complexity index is 1560. The minimum atomic E-state index is -0.0726. The molecule has 77 heavy (non-hydrogen) atoms. The van der Waals surface area contributed by atoms with Crippen LogP contribution in [0.5, 0.6) is 0 Å². The Hall–Kier alpha value is -1.63. The van der Waals surface area contributed by atoms with E-state index < -0.39 is 0 Å². The van der Waals surface area contributed by atoms with Crippen LogP contribution in [-0.4, -0.2) is 61.1 Å².